The highest BCUT2D eigenvalue weighted by atomic mass is 32.1. The Hall–Kier alpha value is -2.15. The highest BCUT2D eigenvalue weighted by Crippen LogP contribution is 2.12. The van der Waals surface area contributed by atoms with Crippen LogP contribution in [0.15, 0.2) is 29.3 Å². The van der Waals surface area contributed by atoms with Crippen molar-refractivity contribution < 1.29 is 9.53 Å². The molecule has 1 N–H and O–H groups in total. The summed E-state index contributed by atoms with van der Waals surface area (Å²) in [7, 11) is 0. The lowest BCUT2D eigenvalue weighted by molar-refractivity contribution is 0.0529. The third-order valence-corrected chi connectivity index (χ3v) is 2.26. The van der Waals surface area contributed by atoms with Crippen LogP contribution in [-0.4, -0.2) is 23.4 Å². The van der Waals surface area contributed by atoms with Crippen molar-refractivity contribution >= 4 is 29.2 Å². The first-order chi connectivity index (χ1) is 9.90. The number of rotatable bonds is 3. The van der Waals surface area contributed by atoms with Gasteiger partial charge in [-0.2, -0.15) is 4.99 Å². The van der Waals surface area contributed by atoms with Gasteiger partial charge in [0.2, 0.25) is 0 Å². The first kappa shape index (κ1) is 16.9. The molecule has 0 radical (unpaired) electrons. The van der Waals surface area contributed by atoms with Crippen molar-refractivity contribution in [1.82, 2.24) is 5.32 Å². The van der Waals surface area contributed by atoms with Crippen molar-refractivity contribution in [3.8, 4) is 11.8 Å². The number of carbonyl (C=O) groups is 1. The number of carbonyl (C=O) groups excluding carboxylic acids is 1. The van der Waals surface area contributed by atoms with Gasteiger partial charge >= 0.3 is 6.09 Å². The minimum atomic E-state index is -0.488. The molecule has 1 aromatic carbocycles. The van der Waals surface area contributed by atoms with Crippen LogP contribution in [0.4, 0.5) is 10.5 Å². The highest BCUT2D eigenvalue weighted by molar-refractivity contribution is 7.78. The lowest BCUT2D eigenvalue weighted by atomic mass is 10.2. The van der Waals surface area contributed by atoms with Crippen LogP contribution in [0.25, 0.3) is 0 Å². The Bertz CT molecular complexity index is 603. The summed E-state index contributed by atoms with van der Waals surface area (Å²) < 4.78 is 5.12. The molecule has 0 saturated heterocycles. The summed E-state index contributed by atoms with van der Waals surface area (Å²) >= 11 is 4.56. The number of hydrogen-bond acceptors (Lipinski definition) is 4. The van der Waals surface area contributed by atoms with Gasteiger partial charge in [0.15, 0.2) is 0 Å². The monoisotopic (exact) mass is 302 g/mol. The fraction of sp³-hybridized carbons (Fsp3) is 0.375. The smallest absolute Gasteiger partial charge is 0.407 e. The van der Waals surface area contributed by atoms with E-state index in [-0.39, 0.29) is 0 Å². The molecule has 0 aromatic heterocycles. The zero-order chi connectivity index (χ0) is 15.7. The van der Waals surface area contributed by atoms with E-state index in [1.807, 2.05) is 45.0 Å². The summed E-state index contributed by atoms with van der Waals surface area (Å²) in [5, 5.41) is 4.97. The van der Waals surface area contributed by atoms with Crippen LogP contribution >= 0.6 is 12.2 Å². The van der Waals surface area contributed by atoms with Crippen LogP contribution in [-0.2, 0) is 4.74 Å². The largest absolute Gasteiger partial charge is 0.444 e. The van der Waals surface area contributed by atoms with Crippen LogP contribution in [0.5, 0.6) is 0 Å². The van der Waals surface area contributed by atoms with Crippen molar-refractivity contribution in [2.24, 2.45) is 4.99 Å². The summed E-state index contributed by atoms with van der Waals surface area (Å²) in [6.45, 7) is 5.91. The molecular formula is C16H18N2O2S. The van der Waals surface area contributed by atoms with E-state index < -0.39 is 11.7 Å². The van der Waals surface area contributed by atoms with Gasteiger partial charge < -0.3 is 10.1 Å². The summed E-state index contributed by atoms with van der Waals surface area (Å²) in [4.78, 5) is 15.3. The molecule has 110 valence electrons. The average molecular weight is 302 g/mol. The number of nitrogens with one attached hydrogen (secondary N) is 1. The molecule has 0 atom stereocenters. The Kier molecular flexibility index (Phi) is 6.61. The van der Waals surface area contributed by atoms with Gasteiger partial charge in [-0.25, -0.2) is 4.79 Å². The fourth-order valence-corrected chi connectivity index (χ4v) is 1.52. The van der Waals surface area contributed by atoms with Crippen molar-refractivity contribution in [2.75, 3.05) is 6.54 Å². The molecular weight excluding hydrogens is 284 g/mol. The maximum absolute atomic E-state index is 11.4. The quantitative estimate of drug-likeness (QED) is 0.401. The summed E-state index contributed by atoms with van der Waals surface area (Å²) in [5.74, 6) is 5.98. The standard InChI is InChI=1S/C16H18N2O2S/c1-16(2,3)20-15(19)17-10-5-4-7-13-8-6-9-14(11-13)18-12-21/h6,8-9,11H,5,10H2,1-3H3,(H,17,19). The summed E-state index contributed by atoms with van der Waals surface area (Å²) in [6, 6.07) is 7.40. The maximum Gasteiger partial charge on any atom is 0.407 e. The highest BCUT2D eigenvalue weighted by Gasteiger charge is 2.15. The Morgan fingerprint density at radius 2 is 2.19 bits per heavy atom. The van der Waals surface area contributed by atoms with Crippen molar-refractivity contribution in [3.05, 3.63) is 29.8 Å². The second-order valence-corrected chi connectivity index (χ2v) is 5.42. The fourth-order valence-electron chi connectivity index (χ4n) is 1.41. The molecule has 1 amide bonds. The number of amides is 1. The minimum Gasteiger partial charge on any atom is -0.444 e. The molecule has 1 aromatic rings. The second-order valence-electron chi connectivity index (χ2n) is 5.23. The second kappa shape index (κ2) is 8.21. The van der Waals surface area contributed by atoms with Crippen LogP contribution in [0.2, 0.25) is 0 Å². The lowest BCUT2D eigenvalue weighted by Gasteiger charge is -2.19. The molecule has 21 heavy (non-hydrogen) atoms. The maximum atomic E-state index is 11.4. The predicted molar refractivity (Wildman–Crippen MR) is 86.9 cm³/mol. The molecule has 0 aliphatic carbocycles. The van der Waals surface area contributed by atoms with E-state index in [0.29, 0.717) is 13.0 Å². The van der Waals surface area contributed by atoms with Crippen LogP contribution in [0.1, 0.15) is 32.8 Å². The Morgan fingerprint density at radius 3 is 2.86 bits per heavy atom. The van der Waals surface area contributed by atoms with Crippen LogP contribution < -0.4 is 5.32 Å². The van der Waals surface area contributed by atoms with E-state index in [1.165, 1.54) is 0 Å². The van der Waals surface area contributed by atoms with Gasteiger partial charge in [-0.1, -0.05) is 17.9 Å². The molecule has 0 heterocycles. The molecule has 1 rings (SSSR count). The van der Waals surface area contributed by atoms with E-state index >= 15 is 0 Å². The van der Waals surface area contributed by atoms with Gasteiger partial charge in [0.25, 0.3) is 0 Å². The topological polar surface area (TPSA) is 50.7 Å². The lowest BCUT2D eigenvalue weighted by Crippen LogP contribution is -2.32. The van der Waals surface area contributed by atoms with Gasteiger partial charge in [-0.3, -0.25) is 0 Å². The predicted octanol–water partition coefficient (Wildman–Crippen LogP) is 3.69. The zero-order valence-corrected chi connectivity index (χ0v) is 13.2. The SMILES string of the molecule is CC(C)(C)OC(=O)NCCC#Cc1cccc(N=C=S)c1. The van der Waals surface area contributed by atoms with E-state index in [1.54, 1.807) is 0 Å². The van der Waals surface area contributed by atoms with Gasteiger partial charge in [0.05, 0.1) is 10.8 Å². The van der Waals surface area contributed by atoms with Crippen LogP contribution in [0.3, 0.4) is 0 Å². The molecule has 4 nitrogen and oxygen atoms in total. The Balaban J connectivity index is 2.41. The van der Waals surface area contributed by atoms with Crippen molar-refractivity contribution in [3.63, 3.8) is 0 Å². The molecule has 0 unspecified atom stereocenters. The molecule has 0 spiro atoms. The number of benzene rings is 1. The van der Waals surface area contributed by atoms with E-state index in [4.69, 9.17) is 4.74 Å². The Labute approximate surface area is 130 Å². The normalized spacial score (nSPS) is 9.86. The summed E-state index contributed by atoms with van der Waals surface area (Å²) in [6.07, 6.45) is 0.113. The molecule has 0 fully saturated rings. The van der Waals surface area contributed by atoms with E-state index in [0.717, 1.165) is 11.3 Å². The first-order valence-electron chi connectivity index (χ1n) is 6.54. The van der Waals surface area contributed by atoms with Gasteiger partial charge in [-0.15, -0.1) is 0 Å². The number of thiocarbonyl (C=S) groups is 1. The van der Waals surface area contributed by atoms with Gasteiger partial charge in [0, 0.05) is 18.5 Å². The molecule has 0 saturated carbocycles. The third-order valence-electron chi connectivity index (χ3n) is 2.17. The number of nitrogens with zero attached hydrogens (tertiary/aromatic N) is 1. The average Bonchev–Trinajstić information content (AvgIpc) is 2.37. The third kappa shape index (κ3) is 7.88. The molecule has 0 aliphatic rings. The van der Waals surface area contributed by atoms with E-state index in [9.17, 15) is 4.79 Å². The molecule has 5 heteroatoms. The summed E-state index contributed by atoms with van der Waals surface area (Å²) in [5.41, 5.74) is 1.08. The Morgan fingerprint density at radius 1 is 1.43 bits per heavy atom. The van der Waals surface area contributed by atoms with Crippen molar-refractivity contribution in [1.29, 1.82) is 0 Å². The number of isothiocyanates is 1. The van der Waals surface area contributed by atoms with E-state index in [2.05, 4.69) is 39.5 Å². The van der Waals surface area contributed by atoms with Gasteiger partial charge in [0.1, 0.15) is 5.60 Å². The zero-order valence-electron chi connectivity index (χ0n) is 12.4. The number of hydrogen-bond donors (Lipinski definition) is 1. The molecule has 0 bridgehead atoms. The number of ether oxygens (including phenoxy) is 1. The molecule has 0 aliphatic heterocycles. The minimum absolute atomic E-state index is 0.429. The van der Waals surface area contributed by atoms with Gasteiger partial charge in [-0.05, 0) is 51.2 Å². The number of alkyl carbamates (subject to hydrolysis) is 1. The van der Waals surface area contributed by atoms with Crippen molar-refractivity contribution in [2.45, 2.75) is 32.8 Å². The first-order valence-corrected chi connectivity index (χ1v) is 6.95. The van der Waals surface area contributed by atoms with Crippen LogP contribution in [0, 0.1) is 11.8 Å². The number of aliphatic imine (C=N–C) groups is 1.